The average Bonchev–Trinajstić information content (AvgIpc) is 2.86. The van der Waals surface area contributed by atoms with Gasteiger partial charge in [0.25, 0.3) is 0 Å². The van der Waals surface area contributed by atoms with Gasteiger partial charge in [-0.1, -0.05) is 35.9 Å². The summed E-state index contributed by atoms with van der Waals surface area (Å²) in [7, 11) is 0. The van der Waals surface area contributed by atoms with Crippen LogP contribution in [0.4, 0.5) is 0 Å². The number of ketones is 1. The van der Waals surface area contributed by atoms with Crippen LogP contribution in [0, 0.1) is 0 Å². The van der Waals surface area contributed by atoms with Gasteiger partial charge in [-0.2, -0.15) is 0 Å². The molecule has 1 saturated heterocycles. The Balaban J connectivity index is 1.71. The van der Waals surface area contributed by atoms with Crippen LogP contribution in [-0.4, -0.2) is 33.8 Å². The zero-order valence-electron chi connectivity index (χ0n) is 12.9. The average molecular weight is 338 g/mol. The lowest BCUT2D eigenvalue weighted by Gasteiger charge is -2.24. The molecule has 6 heteroatoms. The molecule has 2 atom stereocenters. The molecule has 1 N–H and O–H groups in total. The Morgan fingerprint density at radius 1 is 1.29 bits per heavy atom. The van der Waals surface area contributed by atoms with Crippen LogP contribution in [0.15, 0.2) is 59.8 Å². The normalized spacial score (nSPS) is 26.7. The summed E-state index contributed by atoms with van der Waals surface area (Å²) >= 11 is 5.36. The topological polar surface area (TPSA) is 58.6 Å². The van der Waals surface area contributed by atoms with Gasteiger partial charge in [0, 0.05) is 6.20 Å². The van der Waals surface area contributed by atoms with Crippen LogP contribution in [0.25, 0.3) is 0 Å². The van der Waals surface area contributed by atoms with Crippen LogP contribution in [0.1, 0.15) is 17.3 Å². The number of carbonyl (C=O) groups is 2. The summed E-state index contributed by atoms with van der Waals surface area (Å²) in [4.78, 5) is 26.6. The smallest absolute Gasteiger partial charge is 0.349 e. The van der Waals surface area contributed by atoms with Gasteiger partial charge in [-0.15, -0.1) is 0 Å². The number of thiocarbonyl (C=S) groups is 1. The van der Waals surface area contributed by atoms with Crippen molar-refractivity contribution in [3.8, 4) is 5.75 Å². The third-order valence-corrected chi connectivity index (χ3v) is 4.61. The predicted octanol–water partition coefficient (Wildman–Crippen LogP) is 2.12. The molecule has 0 aromatic heterocycles. The van der Waals surface area contributed by atoms with E-state index in [9.17, 15) is 9.59 Å². The number of hydrogen-bond donors (Lipinski definition) is 1. The lowest BCUT2D eigenvalue weighted by Crippen LogP contribution is -2.34. The highest BCUT2D eigenvalue weighted by molar-refractivity contribution is 7.80. The maximum Gasteiger partial charge on any atom is 0.349 e. The fourth-order valence-corrected chi connectivity index (χ4v) is 3.39. The molecule has 1 aliphatic carbocycles. The van der Waals surface area contributed by atoms with Crippen molar-refractivity contribution in [3.63, 3.8) is 0 Å². The number of allylic oxidation sites excluding steroid dienone is 2. The number of fused-ring (bicyclic) bond motifs is 2. The molecule has 4 rings (SSSR count). The van der Waals surface area contributed by atoms with Gasteiger partial charge in [0.15, 0.2) is 5.11 Å². The van der Waals surface area contributed by atoms with E-state index < -0.39 is 5.97 Å². The maximum atomic E-state index is 12.6. The van der Waals surface area contributed by atoms with Gasteiger partial charge in [-0.3, -0.25) is 4.79 Å². The number of Topliss-reactive ketones (excluding diaryl/α,β-unsaturated/α-hetero) is 1. The van der Waals surface area contributed by atoms with Gasteiger partial charge in [-0.25, -0.2) is 4.79 Å². The first kappa shape index (κ1) is 14.8. The molecule has 0 spiro atoms. The van der Waals surface area contributed by atoms with Crippen molar-refractivity contribution in [2.75, 3.05) is 0 Å². The number of para-hydroxylation sites is 1. The molecule has 3 aliphatic rings. The molecule has 1 aromatic rings. The Kier molecular flexibility index (Phi) is 3.35. The molecule has 0 saturated carbocycles. The Morgan fingerprint density at radius 3 is 2.92 bits per heavy atom. The Labute approximate surface area is 144 Å². The number of benzene rings is 1. The lowest BCUT2D eigenvalue weighted by atomic mass is 9.98. The third kappa shape index (κ3) is 2.27. The van der Waals surface area contributed by atoms with E-state index in [2.05, 4.69) is 11.4 Å². The summed E-state index contributed by atoms with van der Waals surface area (Å²) in [5.41, 5.74) is 1.51. The molecule has 1 aromatic carbocycles. The largest absolute Gasteiger partial charge is 0.422 e. The zero-order valence-corrected chi connectivity index (χ0v) is 13.7. The SMILES string of the molecule is CC1=CC2NC(=S)N(C=C3C(=O)Oc4ccccc4C3=O)C2C=C1. The summed E-state index contributed by atoms with van der Waals surface area (Å²) in [6.45, 7) is 2.01. The first-order valence-corrected chi connectivity index (χ1v) is 7.98. The molecule has 0 amide bonds. The van der Waals surface area contributed by atoms with Gasteiger partial charge < -0.3 is 15.0 Å². The van der Waals surface area contributed by atoms with Crippen LogP contribution >= 0.6 is 12.2 Å². The second kappa shape index (κ2) is 5.42. The van der Waals surface area contributed by atoms with Gasteiger partial charge in [-0.05, 0) is 31.3 Å². The highest BCUT2D eigenvalue weighted by atomic mass is 32.1. The minimum Gasteiger partial charge on any atom is -0.422 e. The molecular formula is C18H14N2O3S. The number of nitrogens with zero attached hydrogens (tertiary/aromatic N) is 1. The first-order chi connectivity index (χ1) is 11.5. The number of hydrogen-bond acceptors (Lipinski definition) is 4. The number of nitrogens with one attached hydrogen (secondary N) is 1. The summed E-state index contributed by atoms with van der Waals surface area (Å²) in [5, 5.41) is 3.68. The molecule has 24 heavy (non-hydrogen) atoms. The van der Waals surface area contributed by atoms with E-state index in [0.717, 1.165) is 5.57 Å². The Morgan fingerprint density at radius 2 is 2.08 bits per heavy atom. The van der Waals surface area contributed by atoms with E-state index in [1.54, 1.807) is 29.2 Å². The van der Waals surface area contributed by atoms with Crippen molar-refractivity contribution in [1.29, 1.82) is 0 Å². The molecule has 5 nitrogen and oxygen atoms in total. The van der Waals surface area contributed by atoms with Crippen LogP contribution < -0.4 is 10.1 Å². The molecule has 1 fully saturated rings. The summed E-state index contributed by atoms with van der Waals surface area (Å²) in [5.74, 6) is -0.711. The molecule has 120 valence electrons. The highest BCUT2D eigenvalue weighted by Crippen LogP contribution is 2.29. The van der Waals surface area contributed by atoms with Gasteiger partial charge in [0.1, 0.15) is 11.3 Å². The zero-order chi connectivity index (χ0) is 16.8. The second-order valence-corrected chi connectivity index (χ2v) is 6.29. The molecule has 2 aliphatic heterocycles. The van der Waals surface area contributed by atoms with Gasteiger partial charge in [0.05, 0.1) is 17.6 Å². The van der Waals surface area contributed by atoms with Crippen molar-refractivity contribution >= 4 is 29.1 Å². The standard InChI is InChI=1S/C18H14N2O3S/c1-10-6-7-14-13(8-10)19-18(24)20(14)9-12-16(21)11-4-2-3-5-15(11)23-17(12)22/h2-9,13-14H,1H3,(H,19,24). The first-order valence-electron chi connectivity index (χ1n) is 7.58. The van der Waals surface area contributed by atoms with Crippen molar-refractivity contribution < 1.29 is 14.3 Å². The number of carbonyl (C=O) groups excluding carboxylic acids is 2. The van der Waals surface area contributed by atoms with E-state index in [1.807, 2.05) is 19.1 Å². The minimum absolute atomic E-state index is 0.0156. The van der Waals surface area contributed by atoms with Crippen molar-refractivity contribution in [3.05, 3.63) is 65.4 Å². The third-order valence-electron chi connectivity index (χ3n) is 4.28. The quantitative estimate of drug-likeness (QED) is 0.278. The molecule has 2 unspecified atom stereocenters. The summed E-state index contributed by atoms with van der Waals surface area (Å²) in [6, 6.07) is 6.68. The summed E-state index contributed by atoms with van der Waals surface area (Å²) < 4.78 is 5.27. The van der Waals surface area contributed by atoms with Crippen molar-refractivity contribution in [2.24, 2.45) is 0 Å². The Bertz CT molecular complexity index is 869. The van der Waals surface area contributed by atoms with Crippen LogP contribution in [0.5, 0.6) is 5.75 Å². The fraction of sp³-hybridized carbons (Fsp3) is 0.167. The molecule has 0 bridgehead atoms. The monoisotopic (exact) mass is 338 g/mol. The predicted molar refractivity (Wildman–Crippen MR) is 92.5 cm³/mol. The van der Waals surface area contributed by atoms with Crippen LogP contribution in [-0.2, 0) is 4.79 Å². The van der Waals surface area contributed by atoms with Gasteiger partial charge >= 0.3 is 5.97 Å². The van der Waals surface area contributed by atoms with E-state index in [0.29, 0.717) is 16.4 Å². The lowest BCUT2D eigenvalue weighted by molar-refractivity contribution is -0.130. The van der Waals surface area contributed by atoms with Crippen LogP contribution in [0.2, 0.25) is 0 Å². The van der Waals surface area contributed by atoms with Crippen molar-refractivity contribution in [2.45, 2.75) is 19.0 Å². The van der Waals surface area contributed by atoms with Gasteiger partial charge in [0.2, 0.25) is 5.78 Å². The number of rotatable bonds is 1. The van der Waals surface area contributed by atoms with Crippen LogP contribution in [0.3, 0.4) is 0 Å². The van der Waals surface area contributed by atoms with E-state index >= 15 is 0 Å². The summed E-state index contributed by atoms with van der Waals surface area (Å²) in [6.07, 6.45) is 7.58. The minimum atomic E-state index is -0.656. The number of ether oxygens (including phenoxy) is 1. The van der Waals surface area contributed by atoms with E-state index in [-0.39, 0.29) is 23.4 Å². The second-order valence-electron chi connectivity index (χ2n) is 5.90. The highest BCUT2D eigenvalue weighted by Gasteiger charge is 2.37. The number of esters is 1. The maximum absolute atomic E-state index is 12.6. The molecular weight excluding hydrogens is 324 g/mol. The van der Waals surface area contributed by atoms with Crippen molar-refractivity contribution in [1.82, 2.24) is 10.2 Å². The van der Waals surface area contributed by atoms with E-state index in [1.165, 1.54) is 6.20 Å². The molecule has 2 heterocycles. The fourth-order valence-electron chi connectivity index (χ4n) is 3.08. The Hall–Kier alpha value is -2.73. The molecule has 0 radical (unpaired) electrons. The van der Waals surface area contributed by atoms with E-state index in [4.69, 9.17) is 17.0 Å².